The summed E-state index contributed by atoms with van der Waals surface area (Å²) in [6.45, 7) is 2.52. The Morgan fingerprint density at radius 3 is 2.71 bits per heavy atom. The van der Waals surface area contributed by atoms with Gasteiger partial charge in [-0.2, -0.15) is 0 Å². The maximum Gasteiger partial charge on any atom is 0.266 e. The van der Waals surface area contributed by atoms with Crippen molar-refractivity contribution in [2.75, 3.05) is 13.7 Å². The SMILES string of the molecule is COc1cc(C)c2[nH]c(=O)c3sccc3c2c1-c1ccc(CCN)c(Cl)c1.Cl. The molecular formula is C21H20Cl2N2O2S. The zero-order valence-corrected chi connectivity index (χ0v) is 17.9. The topological polar surface area (TPSA) is 68.1 Å². The molecule has 146 valence electrons. The Morgan fingerprint density at radius 2 is 2.04 bits per heavy atom. The summed E-state index contributed by atoms with van der Waals surface area (Å²) >= 11 is 7.95. The summed E-state index contributed by atoms with van der Waals surface area (Å²) < 4.78 is 6.42. The second-order valence-corrected chi connectivity index (χ2v) is 7.81. The van der Waals surface area contributed by atoms with E-state index in [1.54, 1.807) is 7.11 Å². The van der Waals surface area contributed by atoms with Gasteiger partial charge in [-0.3, -0.25) is 4.79 Å². The van der Waals surface area contributed by atoms with E-state index < -0.39 is 0 Å². The quantitative estimate of drug-likeness (QED) is 0.457. The maximum atomic E-state index is 12.5. The molecule has 0 spiro atoms. The zero-order valence-electron chi connectivity index (χ0n) is 15.5. The van der Waals surface area contributed by atoms with Crippen molar-refractivity contribution < 1.29 is 4.74 Å². The third-order valence-electron chi connectivity index (χ3n) is 4.84. The Balaban J connectivity index is 0.00000225. The molecule has 0 bridgehead atoms. The normalized spacial score (nSPS) is 11.0. The van der Waals surface area contributed by atoms with Gasteiger partial charge in [0.1, 0.15) is 10.4 Å². The highest BCUT2D eigenvalue weighted by atomic mass is 35.5. The van der Waals surface area contributed by atoms with Crippen LogP contribution in [0.15, 0.2) is 40.5 Å². The number of pyridine rings is 1. The maximum absolute atomic E-state index is 12.5. The molecule has 0 aliphatic carbocycles. The number of ether oxygens (including phenoxy) is 1. The number of halogens is 2. The molecule has 0 radical (unpaired) electrons. The van der Waals surface area contributed by atoms with Crippen molar-refractivity contribution in [1.29, 1.82) is 0 Å². The van der Waals surface area contributed by atoms with E-state index in [9.17, 15) is 4.79 Å². The number of methoxy groups -OCH3 is 1. The largest absolute Gasteiger partial charge is 0.496 e. The van der Waals surface area contributed by atoms with Crippen molar-refractivity contribution in [2.24, 2.45) is 5.73 Å². The molecule has 2 heterocycles. The molecule has 7 heteroatoms. The Labute approximate surface area is 177 Å². The van der Waals surface area contributed by atoms with Crippen molar-refractivity contribution in [1.82, 2.24) is 4.98 Å². The van der Waals surface area contributed by atoms with Crippen LogP contribution in [0, 0.1) is 6.92 Å². The van der Waals surface area contributed by atoms with E-state index in [1.165, 1.54) is 11.3 Å². The third kappa shape index (κ3) is 3.29. The van der Waals surface area contributed by atoms with Gasteiger partial charge in [0.05, 0.1) is 12.6 Å². The lowest BCUT2D eigenvalue weighted by Gasteiger charge is -2.16. The molecule has 2 aromatic carbocycles. The fourth-order valence-corrected chi connectivity index (χ4v) is 4.65. The van der Waals surface area contributed by atoms with Gasteiger partial charge in [-0.1, -0.05) is 23.7 Å². The van der Waals surface area contributed by atoms with E-state index >= 15 is 0 Å². The van der Waals surface area contributed by atoms with Gasteiger partial charge in [0, 0.05) is 21.4 Å². The summed E-state index contributed by atoms with van der Waals surface area (Å²) in [5, 5.41) is 4.53. The first-order valence-corrected chi connectivity index (χ1v) is 9.90. The first-order chi connectivity index (χ1) is 13.0. The van der Waals surface area contributed by atoms with Gasteiger partial charge >= 0.3 is 0 Å². The molecule has 0 fully saturated rings. The molecule has 4 rings (SSSR count). The number of hydrogen-bond donors (Lipinski definition) is 2. The minimum absolute atomic E-state index is 0. The smallest absolute Gasteiger partial charge is 0.266 e. The van der Waals surface area contributed by atoms with E-state index in [-0.39, 0.29) is 18.0 Å². The lowest BCUT2D eigenvalue weighted by atomic mass is 9.94. The number of aromatic nitrogens is 1. The van der Waals surface area contributed by atoms with Crippen molar-refractivity contribution in [3.05, 3.63) is 62.2 Å². The van der Waals surface area contributed by atoms with Crippen LogP contribution < -0.4 is 16.0 Å². The fraction of sp³-hybridized carbons (Fsp3) is 0.190. The molecule has 0 aliphatic rings. The van der Waals surface area contributed by atoms with E-state index in [0.29, 0.717) is 16.3 Å². The van der Waals surface area contributed by atoms with Crippen LogP contribution in [0.1, 0.15) is 11.1 Å². The van der Waals surface area contributed by atoms with Crippen LogP contribution in [0.5, 0.6) is 5.75 Å². The highest BCUT2D eigenvalue weighted by Gasteiger charge is 2.18. The van der Waals surface area contributed by atoms with Crippen molar-refractivity contribution in [3.63, 3.8) is 0 Å². The van der Waals surface area contributed by atoms with E-state index in [1.807, 2.05) is 42.6 Å². The second kappa shape index (κ2) is 8.13. The second-order valence-electron chi connectivity index (χ2n) is 6.48. The Bertz CT molecular complexity index is 1230. The van der Waals surface area contributed by atoms with Crippen molar-refractivity contribution in [2.45, 2.75) is 13.3 Å². The minimum atomic E-state index is -0.0666. The van der Waals surface area contributed by atoms with E-state index in [0.717, 1.165) is 50.7 Å². The number of H-pyrrole nitrogens is 1. The van der Waals surface area contributed by atoms with Gasteiger partial charge in [-0.25, -0.2) is 0 Å². The van der Waals surface area contributed by atoms with Crippen LogP contribution in [-0.4, -0.2) is 18.6 Å². The number of aromatic amines is 1. The molecule has 28 heavy (non-hydrogen) atoms. The highest BCUT2D eigenvalue weighted by Crippen LogP contribution is 2.42. The van der Waals surface area contributed by atoms with Gasteiger partial charge in [0.2, 0.25) is 0 Å². The molecule has 2 aromatic heterocycles. The van der Waals surface area contributed by atoms with Crippen LogP contribution in [0.4, 0.5) is 0 Å². The summed E-state index contributed by atoms with van der Waals surface area (Å²) in [6.07, 6.45) is 0.729. The lowest BCUT2D eigenvalue weighted by Crippen LogP contribution is -2.06. The molecule has 0 atom stereocenters. The van der Waals surface area contributed by atoms with Crippen LogP contribution in [0.25, 0.3) is 32.1 Å². The van der Waals surface area contributed by atoms with E-state index in [4.69, 9.17) is 22.1 Å². The number of fused-ring (bicyclic) bond motifs is 3. The lowest BCUT2D eigenvalue weighted by molar-refractivity contribution is 0.416. The van der Waals surface area contributed by atoms with Gasteiger partial charge in [-0.15, -0.1) is 23.7 Å². The molecule has 4 aromatic rings. The Kier molecular flexibility index (Phi) is 6.01. The molecule has 0 aliphatic heterocycles. The number of hydrogen-bond acceptors (Lipinski definition) is 4. The first-order valence-electron chi connectivity index (χ1n) is 8.64. The average Bonchev–Trinajstić information content (AvgIpc) is 3.15. The molecule has 0 saturated heterocycles. The molecule has 0 amide bonds. The number of rotatable bonds is 4. The number of thiophene rings is 1. The Morgan fingerprint density at radius 1 is 1.25 bits per heavy atom. The van der Waals surface area contributed by atoms with Crippen molar-refractivity contribution >= 4 is 56.3 Å². The fourth-order valence-electron chi connectivity index (χ4n) is 3.58. The average molecular weight is 435 g/mol. The molecule has 0 saturated carbocycles. The van der Waals surface area contributed by atoms with Gasteiger partial charge in [0.15, 0.2) is 0 Å². The van der Waals surface area contributed by atoms with Crippen LogP contribution in [-0.2, 0) is 6.42 Å². The predicted molar refractivity (Wildman–Crippen MR) is 122 cm³/mol. The van der Waals surface area contributed by atoms with Crippen molar-refractivity contribution in [3.8, 4) is 16.9 Å². The number of nitrogens with two attached hydrogens (primary N) is 1. The minimum Gasteiger partial charge on any atom is -0.496 e. The summed E-state index contributed by atoms with van der Waals surface area (Å²) in [5.74, 6) is 0.752. The van der Waals surface area contributed by atoms with Crippen LogP contribution in [0.3, 0.4) is 0 Å². The Hall–Kier alpha value is -2.05. The molecule has 0 unspecified atom stereocenters. The third-order valence-corrected chi connectivity index (χ3v) is 6.11. The van der Waals surface area contributed by atoms with Gasteiger partial charge in [-0.05, 0) is 60.2 Å². The number of nitrogens with one attached hydrogen (secondary N) is 1. The summed E-state index contributed by atoms with van der Waals surface area (Å²) in [7, 11) is 1.66. The number of benzene rings is 2. The summed E-state index contributed by atoms with van der Waals surface area (Å²) in [4.78, 5) is 15.5. The summed E-state index contributed by atoms with van der Waals surface area (Å²) in [5.41, 5.74) is 10.3. The molecular weight excluding hydrogens is 415 g/mol. The van der Waals surface area contributed by atoms with E-state index in [2.05, 4.69) is 4.98 Å². The monoisotopic (exact) mass is 434 g/mol. The van der Waals surface area contributed by atoms with Gasteiger partial charge in [0.25, 0.3) is 5.56 Å². The first kappa shape index (κ1) is 20.7. The zero-order chi connectivity index (χ0) is 19.1. The highest BCUT2D eigenvalue weighted by molar-refractivity contribution is 7.17. The molecule has 4 nitrogen and oxygen atoms in total. The summed E-state index contributed by atoms with van der Waals surface area (Å²) in [6, 6.07) is 9.93. The van der Waals surface area contributed by atoms with Crippen LogP contribution in [0.2, 0.25) is 5.02 Å². The van der Waals surface area contributed by atoms with Gasteiger partial charge < -0.3 is 15.5 Å². The molecule has 3 N–H and O–H groups in total. The van der Waals surface area contributed by atoms with Crippen LogP contribution >= 0.6 is 35.3 Å². The standard InChI is InChI=1S/C21H19ClN2O2S.ClH/c1-11-9-16(26-2)17(13-4-3-12(5-7-23)15(22)10-13)18-14-6-8-27-20(14)21(25)24-19(11)18;/h3-4,6,8-10H,5,7,23H2,1-2H3,(H,24,25);1H. The number of aryl methyl sites for hydroxylation is 1. The predicted octanol–water partition coefficient (Wildman–Crippen LogP) is 5.30.